The molecule has 25 heavy (non-hydrogen) atoms. The number of likely N-dealkylation sites (tertiary alicyclic amines) is 1. The number of aliphatic hydroxyl groups is 1. The number of nitrogens with zero attached hydrogens (tertiary/aromatic N) is 1. The highest BCUT2D eigenvalue weighted by atomic mass is 16.6. The summed E-state index contributed by atoms with van der Waals surface area (Å²) in [5.41, 5.74) is 0.788. The van der Waals surface area contributed by atoms with Crippen LogP contribution in [0.25, 0.3) is 0 Å². The van der Waals surface area contributed by atoms with Crippen LogP contribution < -0.4 is 0 Å². The van der Waals surface area contributed by atoms with Gasteiger partial charge in [0.2, 0.25) is 0 Å². The number of piperidine rings is 1. The summed E-state index contributed by atoms with van der Waals surface area (Å²) in [7, 11) is 0. The van der Waals surface area contributed by atoms with Crippen LogP contribution in [0.4, 0.5) is 4.79 Å². The molecule has 0 bridgehead atoms. The Hall–Kier alpha value is -1.88. The van der Waals surface area contributed by atoms with Gasteiger partial charge in [0.15, 0.2) is 5.78 Å². The molecule has 2 rings (SSSR count). The van der Waals surface area contributed by atoms with Crippen molar-refractivity contribution < 1.29 is 19.4 Å². The molecule has 1 atom stereocenters. The monoisotopic (exact) mass is 347 g/mol. The maximum atomic E-state index is 12.9. The number of ether oxygens (including phenoxy) is 1. The van der Waals surface area contributed by atoms with Crippen molar-refractivity contribution in [3.63, 3.8) is 0 Å². The van der Waals surface area contributed by atoms with Crippen molar-refractivity contribution in [3.8, 4) is 0 Å². The van der Waals surface area contributed by atoms with E-state index >= 15 is 0 Å². The second-order valence-electron chi connectivity index (χ2n) is 7.62. The van der Waals surface area contributed by atoms with Gasteiger partial charge in [-0.05, 0) is 45.6 Å². The summed E-state index contributed by atoms with van der Waals surface area (Å²) in [4.78, 5) is 26.7. The van der Waals surface area contributed by atoms with Crippen LogP contribution in [0.1, 0.15) is 69.0 Å². The number of carbonyl (C=O) groups excluding carboxylic acids is 2. The zero-order valence-corrected chi connectivity index (χ0v) is 15.6. The maximum absolute atomic E-state index is 12.9. The van der Waals surface area contributed by atoms with E-state index in [1.54, 1.807) is 11.0 Å². The van der Waals surface area contributed by atoms with E-state index in [1.165, 1.54) is 0 Å². The second-order valence-corrected chi connectivity index (χ2v) is 7.62. The van der Waals surface area contributed by atoms with Crippen molar-refractivity contribution in [1.29, 1.82) is 0 Å². The fraction of sp³-hybridized carbons (Fsp3) is 0.600. The summed E-state index contributed by atoms with van der Waals surface area (Å²) in [5, 5.41) is 10.2. The fourth-order valence-corrected chi connectivity index (χ4v) is 3.10. The van der Waals surface area contributed by atoms with Crippen molar-refractivity contribution in [2.75, 3.05) is 13.1 Å². The fourth-order valence-electron chi connectivity index (χ4n) is 3.10. The molecule has 1 unspecified atom stereocenters. The van der Waals surface area contributed by atoms with Crippen LogP contribution in [0.2, 0.25) is 0 Å². The zero-order chi connectivity index (χ0) is 18.6. The average Bonchev–Trinajstić information content (AvgIpc) is 2.59. The zero-order valence-electron chi connectivity index (χ0n) is 15.6. The average molecular weight is 347 g/mol. The highest BCUT2D eigenvalue weighted by Crippen LogP contribution is 2.27. The minimum Gasteiger partial charge on any atom is -0.444 e. The van der Waals surface area contributed by atoms with Gasteiger partial charge in [-0.1, -0.05) is 31.2 Å². The number of amides is 1. The van der Waals surface area contributed by atoms with Crippen LogP contribution >= 0.6 is 0 Å². The molecule has 1 heterocycles. The summed E-state index contributed by atoms with van der Waals surface area (Å²) in [6.45, 7) is 8.46. The Balaban J connectivity index is 2.02. The van der Waals surface area contributed by atoms with Gasteiger partial charge in [-0.3, -0.25) is 4.79 Å². The van der Waals surface area contributed by atoms with Crippen molar-refractivity contribution in [1.82, 2.24) is 4.90 Å². The lowest BCUT2D eigenvalue weighted by atomic mass is 9.86. The number of hydrogen-bond donors (Lipinski definition) is 1. The number of ketones is 1. The van der Waals surface area contributed by atoms with Gasteiger partial charge in [0.1, 0.15) is 5.60 Å². The third-order valence-electron chi connectivity index (χ3n) is 4.49. The van der Waals surface area contributed by atoms with Gasteiger partial charge in [0.25, 0.3) is 0 Å². The molecule has 1 aromatic rings. The predicted molar refractivity (Wildman–Crippen MR) is 96.6 cm³/mol. The van der Waals surface area contributed by atoms with Crippen LogP contribution in [0.3, 0.4) is 0 Å². The van der Waals surface area contributed by atoms with Gasteiger partial charge in [-0.2, -0.15) is 0 Å². The van der Waals surface area contributed by atoms with E-state index in [-0.39, 0.29) is 17.8 Å². The summed E-state index contributed by atoms with van der Waals surface area (Å²) in [5.74, 6) is -0.0594. The normalized spacial score (nSPS) is 17.2. The maximum Gasteiger partial charge on any atom is 0.410 e. The first-order chi connectivity index (χ1) is 11.7. The van der Waals surface area contributed by atoms with Crippen molar-refractivity contribution in [3.05, 3.63) is 35.4 Å². The summed E-state index contributed by atoms with van der Waals surface area (Å²) < 4.78 is 5.39. The molecular formula is C20H29NO4. The molecule has 138 valence electrons. The number of carbonyl (C=O) groups is 2. The molecule has 1 N–H and O–H groups in total. The summed E-state index contributed by atoms with van der Waals surface area (Å²) >= 11 is 0. The lowest BCUT2D eigenvalue weighted by molar-refractivity contribution is 0.0182. The largest absolute Gasteiger partial charge is 0.444 e. The van der Waals surface area contributed by atoms with E-state index in [2.05, 4.69) is 0 Å². The molecule has 1 amide bonds. The highest BCUT2D eigenvalue weighted by Gasteiger charge is 2.31. The lowest BCUT2D eigenvalue weighted by Crippen LogP contribution is -2.43. The quantitative estimate of drug-likeness (QED) is 0.837. The molecule has 1 fully saturated rings. The molecular weight excluding hydrogens is 318 g/mol. The molecule has 0 radical (unpaired) electrons. The van der Waals surface area contributed by atoms with E-state index in [9.17, 15) is 14.7 Å². The van der Waals surface area contributed by atoms with Gasteiger partial charge in [0, 0.05) is 24.6 Å². The van der Waals surface area contributed by atoms with Crippen molar-refractivity contribution in [2.24, 2.45) is 5.92 Å². The molecule has 1 aliphatic heterocycles. The van der Waals surface area contributed by atoms with Gasteiger partial charge >= 0.3 is 6.09 Å². The van der Waals surface area contributed by atoms with E-state index < -0.39 is 11.7 Å². The number of aliphatic hydroxyl groups excluding tert-OH is 1. The smallest absolute Gasteiger partial charge is 0.410 e. The van der Waals surface area contributed by atoms with Crippen LogP contribution in [-0.2, 0) is 4.74 Å². The first-order valence-corrected chi connectivity index (χ1v) is 9.02. The van der Waals surface area contributed by atoms with E-state index in [4.69, 9.17) is 4.74 Å². The summed E-state index contributed by atoms with van der Waals surface area (Å²) in [6.07, 6.45) is 0.868. The highest BCUT2D eigenvalue weighted by molar-refractivity contribution is 5.99. The Labute approximate surface area is 150 Å². The molecule has 5 heteroatoms. The van der Waals surface area contributed by atoms with Crippen LogP contribution in [0, 0.1) is 5.92 Å². The molecule has 1 aliphatic rings. The topological polar surface area (TPSA) is 66.8 Å². The summed E-state index contributed by atoms with van der Waals surface area (Å²) in [6, 6.07) is 7.28. The molecule has 0 aromatic heterocycles. The molecule has 0 spiro atoms. The SMILES string of the molecule is CCC(O)c1ccccc1C(=O)C1CCN(C(=O)OC(C)(C)C)CC1. The van der Waals surface area contributed by atoms with E-state index in [0.717, 1.165) is 0 Å². The Kier molecular flexibility index (Phi) is 6.22. The van der Waals surface area contributed by atoms with Gasteiger partial charge in [-0.15, -0.1) is 0 Å². The third-order valence-corrected chi connectivity index (χ3v) is 4.49. The van der Waals surface area contributed by atoms with E-state index in [1.807, 2.05) is 45.9 Å². The van der Waals surface area contributed by atoms with E-state index in [0.29, 0.717) is 43.5 Å². The minimum atomic E-state index is -0.623. The third kappa shape index (κ3) is 5.05. The predicted octanol–water partition coefficient (Wildman–Crippen LogP) is 3.96. The first kappa shape index (κ1) is 19.4. The van der Waals surface area contributed by atoms with Gasteiger partial charge in [0.05, 0.1) is 6.10 Å². The number of benzene rings is 1. The lowest BCUT2D eigenvalue weighted by Gasteiger charge is -2.33. The number of Topliss-reactive ketones (excluding diaryl/α,β-unsaturated/α-hetero) is 1. The first-order valence-electron chi connectivity index (χ1n) is 9.02. The number of hydrogen-bond acceptors (Lipinski definition) is 4. The molecule has 0 saturated carbocycles. The van der Waals surface area contributed by atoms with Gasteiger partial charge < -0.3 is 14.7 Å². The standard InChI is InChI=1S/C20H29NO4/c1-5-17(22)15-8-6-7-9-16(15)18(23)14-10-12-21(13-11-14)19(24)25-20(2,3)4/h6-9,14,17,22H,5,10-13H2,1-4H3. The Morgan fingerprint density at radius 3 is 2.40 bits per heavy atom. The van der Waals surface area contributed by atoms with Crippen molar-refractivity contribution >= 4 is 11.9 Å². The van der Waals surface area contributed by atoms with Crippen LogP contribution in [0.15, 0.2) is 24.3 Å². The van der Waals surface area contributed by atoms with Gasteiger partial charge in [-0.25, -0.2) is 4.79 Å². The van der Waals surface area contributed by atoms with Crippen LogP contribution in [0.5, 0.6) is 0 Å². The molecule has 5 nitrogen and oxygen atoms in total. The molecule has 1 saturated heterocycles. The Morgan fingerprint density at radius 2 is 1.84 bits per heavy atom. The Bertz CT molecular complexity index is 612. The van der Waals surface area contributed by atoms with Crippen molar-refractivity contribution in [2.45, 2.75) is 58.7 Å². The molecule has 1 aromatic carbocycles. The minimum absolute atomic E-state index is 0.0620. The molecule has 0 aliphatic carbocycles. The number of rotatable bonds is 4. The Morgan fingerprint density at radius 1 is 1.24 bits per heavy atom. The second kappa shape index (κ2) is 8.00. The van der Waals surface area contributed by atoms with Crippen LogP contribution in [-0.4, -0.2) is 40.6 Å².